The van der Waals surface area contributed by atoms with Crippen LogP contribution in [-0.4, -0.2) is 19.7 Å². The first kappa shape index (κ1) is 13.5. The van der Waals surface area contributed by atoms with Crippen molar-refractivity contribution in [2.45, 2.75) is 26.9 Å². The highest BCUT2D eigenvalue weighted by Crippen LogP contribution is 2.27. The number of hydrogen-bond donors (Lipinski definition) is 1. The molecule has 1 atom stereocenters. The fraction of sp³-hybridized carbons (Fsp3) is 0.538. The van der Waals surface area contributed by atoms with E-state index in [1.807, 2.05) is 13.1 Å². The van der Waals surface area contributed by atoms with Crippen molar-refractivity contribution in [2.24, 2.45) is 5.92 Å². The first-order chi connectivity index (χ1) is 7.54. The lowest BCUT2D eigenvalue weighted by Crippen LogP contribution is -2.33. The Morgan fingerprint density at radius 2 is 2.06 bits per heavy atom. The number of nitrogens with one attached hydrogen (secondary N) is 1. The molecule has 0 radical (unpaired) electrons. The van der Waals surface area contributed by atoms with E-state index in [0.29, 0.717) is 5.92 Å². The maximum Gasteiger partial charge on any atom is 0.133 e. The summed E-state index contributed by atoms with van der Waals surface area (Å²) in [6, 6.07) is 6.16. The molecule has 0 amide bonds. The predicted molar refractivity (Wildman–Crippen MR) is 72.1 cm³/mol. The van der Waals surface area contributed by atoms with Crippen LogP contribution in [0.2, 0.25) is 0 Å². The molecule has 0 aromatic heterocycles. The molecule has 0 saturated carbocycles. The van der Waals surface area contributed by atoms with E-state index in [4.69, 9.17) is 4.74 Å². The summed E-state index contributed by atoms with van der Waals surface area (Å²) in [6.07, 6.45) is 0.198. The topological polar surface area (TPSA) is 21.3 Å². The van der Waals surface area contributed by atoms with E-state index >= 15 is 0 Å². The fourth-order valence-corrected chi connectivity index (χ4v) is 2.07. The number of likely N-dealkylation sites (N-methyl/N-ethyl adjacent to an activating group) is 1. The molecule has 0 bridgehead atoms. The molecule has 0 aliphatic carbocycles. The van der Waals surface area contributed by atoms with Crippen molar-refractivity contribution in [2.75, 3.05) is 13.6 Å². The Bertz CT molecular complexity index is 339. The molecule has 0 heterocycles. The molecule has 0 saturated heterocycles. The van der Waals surface area contributed by atoms with Crippen molar-refractivity contribution in [1.29, 1.82) is 0 Å². The van der Waals surface area contributed by atoms with E-state index < -0.39 is 0 Å². The number of aryl methyl sites for hydroxylation is 1. The Kier molecular flexibility index (Phi) is 5.29. The van der Waals surface area contributed by atoms with Gasteiger partial charge in [0.15, 0.2) is 0 Å². The van der Waals surface area contributed by atoms with Gasteiger partial charge in [0.05, 0.1) is 4.47 Å². The van der Waals surface area contributed by atoms with E-state index in [1.165, 1.54) is 5.56 Å². The molecule has 0 spiro atoms. The lowest BCUT2D eigenvalue weighted by atomic mass is 10.1. The van der Waals surface area contributed by atoms with Crippen molar-refractivity contribution in [3.63, 3.8) is 0 Å². The third kappa shape index (κ3) is 3.80. The summed E-state index contributed by atoms with van der Waals surface area (Å²) < 4.78 is 7.02. The van der Waals surface area contributed by atoms with E-state index in [2.05, 4.69) is 54.2 Å². The van der Waals surface area contributed by atoms with Gasteiger partial charge in [0.2, 0.25) is 0 Å². The molecule has 1 aromatic rings. The second-order valence-corrected chi connectivity index (χ2v) is 5.25. The Balaban J connectivity index is 2.77. The average molecular weight is 286 g/mol. The van der Waals surface area contributed by atoms with Gasteiger partial charge in [-0.05, 0) is 53.5 Å². The molecule has 16 heavy (non-hydrogen) atoms. The maximum atomic E-state index is 5.99. The third-order valence-electron chi connectivity index (χ3n) is 2.51. The van der Waals surface area contributed by atoms with Crippen LogP contribution in [0, 0.1) is 12.8 Å². The molecule has 0 aliphatic rings. The zero-order chi connectivity index (χ0) is 12.1. The Morgan fingerprint density at radius 3 is 2.56 bits per heavy atom. The van der Waals surface area contributed by atoms with Gasteiger partial charge in [-0.2, -0.15) is 0 Å². The van der Waals surface area contributed by atoms with Gasteiger partial charge in [0.1, 0.15) is 11.9 Å². The van der Waals surface area contributed by atoms with Crippen LogP contribution >= 0.6 is 15.9 Å². The Morgan fingerprint density at radius 1 is 1.38 bits per heavy atom. The summed E-state index contributed by atoms with van der Waals surface area (Å²) in [5.74, 6) is 1.40. The summed E-state index contributed by atoms with van der Waals surface area (Å²) in [7, 11) is 1.95. The highest BCUT2D eigenvalue weighted by molar-refractivity contribution is 9.10. The summed E-state index contributed by atoms with van der Waals surface area (Å²) in [6.45, 7) is 7.27. The average Bonchev–Trinajstić information content (AvgIpc) is 2.20. The summed E-state index contributed by atoms with van der Waals surface area (Å²) in [4.78, 5) is 0. The van der Waals surface area contributed by atoms with Gasteiger partial charge in [-0.1, -0.05) is 19.9 Å². The van der Waals surface area contributed by atoms with Gasteiger partial charge in [0.25, 0.3) is 0 Å². The summed E-state index contributed by atoms with van der Waals surface area (Å²) >= 11 is 3.53. The van der Waals surface area contributed by atoms with E-state index in [9.17, 15) is 0 Å². The van der Waals surface area contributed by atoms with Crippen LogP contribution in [0.25, 0.3) is 0 Å². The number of hydrogen-bond acceptors (Lipinski definition) is 2. The monoisotopic (exact) mass is 285 g/mol. The van der Waals surface area contributed by atoms with E-state index in [1.54, 1.807) is 0 Å². The number of benzene rings is 1. The smallest absolute Gasteiger partial charge is 0.133 e. The molecule has 0 aliphatic heterocycles. The lowest BCUT2D eigenvalue weighted by Gasteiger charge is -2.23. The third-order valence-corrected chi connectivity index (χ3v) is 3.13. The molecule has 1 N–H and O–H groups in total. The van der Waals surface area contributed by atoms with Crippen LogP contribution < -0.4 is 10.1 Å². The van der Waals surface area contributed by atoms with Crippen molar-refractivity contribution >= 4 is 15.9 Å². The van der Waals surface area contributed by atoms with Crippen LogP contribution in [0.1, 0.15) is 19.4 Å². The minimum Gasteiger partial charge on any atom is -0.488 e. The van der Waals surface area contributed by atoms with Gasteiger partial charge >= 0.3 is 0 Å². The van der Waals surface area contributed by atoms with E-state index in [0.717, 1.165) is 16.8 Å². The normalized spacial score (nSPS) is 12.9. The zero-order valence-corrected chi connectivity index (χ0v) is 12.0. The van der Waals surface area contributed by atoms with Crippen molar-refractivity contribution in [3.05, 3.63) is 28.2 Å². The van der Waals surface area contributed by atoms with E-state index in [-0.39, 0.29) is 6.10 Å². The molecule has 1 aromatic carbocycles. The predicted octanol–water partition coefficient (Wildman–Crippen LogP) is 3.38. The number of rotatable bonds is 5. The number of halogens is 1. The molecule has 0 fully saturated rings. The van der Waals surface area contributed by atoms with Gasteiger partial charge < -0.3 is 10.1 Å². The summed E-state index contributed by atoms with van der Waals surface area (Å²) in [5.41, 5.74) is 1.23. The first-order valence-electron chi connectivity index (χ1n) is 5.62. The van der Waals surface area contributed by atoms with Gasteiger partial charge in [-0.15, -0.1) is 0 Å². The van der Waals surface area contributed by atoms with Crippen molar-refractivity contribution < 1.29 is 4.74 Å². The molecule has 2 nitrogen and oxygen atoms in total. The molecular formula is C13H20BrNO. The molecule has 3 heteroatoms. The minimum atomic E-state index is 0.198. The highest BCUT2D eigenvalue weighted by Gasteiger charge is 2.15. The Labute approximate surface area is 107 Å². The zero-order valence-electron chi connectivity index (χ0n) is 10.4. The molecule has 1 rings (SSSR count). The Hall–Kier alpha value is -0.540. The van der Waals surface area contributed by atoms with Crippen LogP contribution in [0.3, 0.4) is 0 Å². The highest BCUT2D eigenvalue weighted by atomic mass is 79.9. The second kappa shape index (κ2) is 6.26. The maximum absolute atomic E-state index is 5.99. The SMILES string of the molecule is CNCC(Oc1ccc(C)cc1Br)C(C)C. The first-order valence-corrected chi connectivity index (χ1v) is 6.41. The summed E-state index contributed by atoms with van der Waals surface area (Å²) in [5, 5.41) is 3.16. The second-order valence-electron chi connectivity index (χ2n) is 4.39. The van der Waals surface area contributed by atoms with Gasteiger partial charge in [-0.3, -0.25) is 0 Å². The quantitative estimate of drug-likeness (QED) is 0.896. The molecular weight excluding hydrogens is 266 g/mol. The molecule has 90 valence electrons. The van der Waals surface area contributed by atoms with Crippen molar-refractivity contribution in [3.8, 4) is 5.75 Å². The lowest BCUT2D eigenvalue weighted by molar-refractivity contribution is 0.150. The van der Waals surface area contributed by atoms with Crippen LogP contribution in [0.4, 0.5) is 0 Å². The van der Waals surface area contributed by atoms with Gasteiger partial charge in [0, 0.05) is 6.54 Å². The standard InChI is InChI=1S/C13H20BrNO/c1-9(2)13(8-15-4)16-12-6-5-10(3)7-11(12)14/h5-7,9,13,15H,8H2,1-4H3. The van der Waals surface area contributed by atoms with Gasteiger partial charge in [-0.25, -0.2) is 0 Å². The van der Waals surface area contributed by atoms with Crippen LogP contribution in [0.5, 0.6) is 5.75 Å². The number of ether oxygens (including phenoxy) is 1. The fourth-order valence-electron chi connectivity index (χ4n) is 1.48. The van der Waals surface area contributed by atoms with Crippen LogP contribution in [0.15, 0.2) is 22.7 Å². The van der Waals surface area contributed by atoms with Crippen LogP contribution in [-0.2, 0) is 0 Å². The van der Waals surface area contributed by atoms with Crippen molar-refractivity contribution in [1.82, 2.24) is 5.32 Å². The minimum absolute atomic E-state index is 0.198. The molecule has 1 unspecified atom stereocenters. The largest absolute Gasteiger partial charge is 0.488 e.